The smallest absolute Gasteiger partial charge is 0.330 e. The molecule has 76 valence electrons. The third kappa shape index (κ3) is 3.96. The second-order valence-electron chi connectivity index (χ2n) is 2.52. The first kappa shape index (κ1) is 12.5. The summed E-state index contributed by atoms with van der Waals surface area (Å²) < 4.78 is 4.45. The average molecular weight is 214 g/mol. The first-order valence-corrected chi connectivity index (χ1v) is 3.84. The van der Waals surface area contributed by atoms with Gasteiger partial charge >= 0.3 is 5.97 Å². The Balaban J connectivity index is 0.00000169. The molecule has 1 rings (SSSR count). The van der Waals surface area contributed by atoms with Crippen LogP contribution in [0.2, 0.25) is 0 Å². The van der Waals surface area contributed by atoms with E-state index in [1.807, 2.05) is 12.1 Å². The first-order valence-electron chi connectivity index (χ1n) is 3.84. The molecule has 0 spiro atoms. The molecule has 0 aliphatic rings. The molecule has 0 aliphatic heterocycles. The van der Waals surface area contributed by atoms with Crippen molar-refractivity contribution in [3.05, 3.63) is 35.9 Å². The summed E-state index contributed by atoms with van der Waals surface area (Å²) in [5.41, 5.74) is 7.11. The van der Waals surface area contributed by atoms with Crippen LogP contribution in [0.25, 0.3) is 6.08 Å². The quantitative estimate of drug-likeness (QED) is 0.464. The summed E-state index contributed by atoms with van der Waals surface area (Å²) in [6.45, 7) is 0. The van der Waals surface area contributed by atoms with Crippen LogP contribution in [0.3, 0.4) is 0 Å². The molecule has 14 heavy (non-hydrogen) atoms. The van der Waals surface area contributed by atoms with E-state index in [4.69, 9.17) is 5.73 Å². The molecule has 2 N–H and O–H groups in total. The van der Waals surface area contributed by atoms with Crippen molar-refractivity contribution in [3.8, 4) is 0 Å². The highest BCUT2D eigenvalue weighted by atomic mass is 35.5. The van der Waals surface area contributed by atoms with E-state index in [1.165, 1.54) is 13.2 Å². The van der Waals surface area contributed by atoms with Crippen LogP contribution in [0.15, 0.2) is 30.3 Å². The van der Waals surface area contributed by atoms with Gasteiger partial charge in [0.15, 0.2) is 0 Å². The fourth-order valence-electron chi connectivity index (χ4n) is 0.839. The Bertz CT molecular complexity index is 319. The molecule has 0 amide bonds. The molecule has 0 radical (unpaired) electrons. The number of benzene rings is 1. The Labute approximate surface area is 89.0 Å². The van der Waals surface area contributed by atoms with Gasteiger partial charge in [-0.1, -0.05) is 12.1 Å². The van der Waals surface area contributed by atoms with E-state index in [9.17, 15) is 4.79 Å². The second kappa shape index (κ2) is 6.05. The zero-order chi connectivity index (χ0) is 9.68. The van der Waals surface area contributed by atoms with Crippen LogP contribution in [-0.2, 0) is 9.53 Å². The van der Waals surface area contributed by atoms with Gasteiger partial charge in [-0.15, -0.1) is 12.4 Å². The molecular formula is C10H12ClNO2. The molecule has 0 unspecified atom stereocenters. The number of ether oxygens (including phenoxy) is 1. The number of halogens is 1. The Hall–Kier alpha value is -1.48. The van der Waals surface area contributed by atoms with Gasteiger partial charge < -0.3 is 10.5 Å². The Morgan fingerprint density at radius 3 is 2.43 bits per heavy atom. The highest BCUT2D eigenvalue weighted by molar-refractivity contribution is 5.86. The Kier molecular flexibility index (Phi) is 5.41. The number of carbonyl (C=O) groups excluding carboxylic acids is 1. The van der Waals surface area contributed by atoms with Crippen LogP contribution >= 0.6 is 12.4 Å². The number of hydrogen-bond donors (Lipinski definition) is 1. The SMILES string of the molecule is COC(=O)C=Cc1ccc(N)cc1.Cl. The summed E-state index contributed by atoms with van der Waals surface area (Å²) >= 11 is 0. The van der Waals surface area contributed by atoms with Gasteiger partial charge in [-0.2, -0.15) is 0 Å². The summed E-state index contributed by atoms with van der Waals surface area (Å²) in [5, 5.41) is 0. The van der Waals surface area contributed by atoms with E-state index in [0.717, 1.165) is 5.56 Å². The fraction of sp³-hybridized carbons (Fsp3) is 0.100. The molecule has 0 fully saturated rings. The van der Waals surface area contributed by atoms with E-state index in [-0.39, 0.29) is 18.4 Å². The summed E-state index contributed by atoms with van der Waals surface area (Å²) in [4.78, 5) is 10.7. The van der Waals surface area contributed by atoms with Crippen molar-refractivity contribution < 1.29 is 9.53 Å². The van der Waals surface area contributed by atoms with Gasteiger partial charge in [0, 0.05) is 11.8 Å². The lowest BCUT2D eigenvalue weighted by molar-refractivity contribution is -0.134. The molecular weight excluding hydrogens is 202 g/mol. The highest BCUT2D eigenvalue weighted by Gasteiger charge is 1.91. The lowest BCUT2D eigenvalue weighted by Crippen LogP contribution is -1.93. The van der Waals surface area contributed by atoms with Crippen LogP contribution in [0.1, 0.15) is 5.56 Å². The van der Waals surface area contributed by atoms with E-state index in [2.05, 4.69) is 4.74 Å². The fourth-order valence-corrected chi connectivity index (χ4v) is 0.839. The number of hydrogen-bond acceptors (Lipinski definition) is 3. The van der Waals surface area contributed by atoms with E-state index < -0.39 is 0 Å². The van der Waals surface area contributed by atoms with Crippen molar-refractivity contribution in [1.29, 1.82) is 0 Å². The van der Waals surface area contributed by atoms with Crippen LogP contribution in [0.4, 0.5) is 5.69 Å². The third-order valence-electron chi connectivity index (χ3n) is 1.55. The molecule has 1 aromatic carbocycles. The summed E-state index contributed by atoms with van der Waals surface area (Å²) in [7, 11) is 1.34. The predicted molar refractivity (Wildman–Crippen MR) is 59.2 cm³/mol. The maximum absolute atomic E-state index is 10.7. The lowest BCUT2D eigenvalue weighted by atomic mass is 10.2. The van der Waals surface area contributed by atoms with Crippen molar-refractivity contribution in [2.45, 2.75) is 0 Å². The van der Waals surface area contributed by atoms with Crippen molar-refractivity contribution in [2.24, 2.45) is 0 Å². The maximum Gasteiger partial charge on any atom is 0.330 e. The van der Waals surface area contributed by atoms with E-state index in [0.29, 0.717) is 5.69 Å². The zero-order valence-electron chi connectivity index (χ0n) is 7.77. The minimum atomic E-state index is -0.364. The zero-order valence-corrected chi connectivity index (χ0v) is 8.58. The molecule has 0 aliphatic carbocycles. The summed E-state index contributed by atoms with van der Waals surface area (Å²) in [6.07, 6.45) is 3.04. The lowest BCUT2D eigenvalue weighted by Gasteiger charge is -1.94. The monoisotopic (exact) mass is 213 g/mol. The number of rotatable bonds is 2. The van der Waals surface area contributed by atoms with Gasteiger partial charge in [0.2, 0.25) is 0 Å². The van der Waals surface area contributed by atoms with Gasteiger partial charge in [0.05, 0.1) is 7.11 Å². The normalized spacial score (nSPS) is 9.50. The molecule has 0 saturated carbocycles. The summed E-state index contributed by atoms with van der Waals surface area (Å²) in [6, 6.07) is 7.21. The van der Waals surface area contributed by atoms with Gasteiger partial charge in [-0.3, -0.25) is 0 Å². The van der Waals surface area contributed by atoms with Gasteiger partial charge in [0.25, 0.3) is 0 Å². The van der Waals surface area contributed by atoms with Crippen molar-refractivity contribution in [3.63, 3.8) is 0 Å². The molecule has 3 nitrogen and oxygen atoms in total. The number of carbonyl (C=O) groups is 1. The van der Waals surface area contributed by atoms with Crippen molar-refractivity contribution >= 4 is 30.1 Å². The second-order valence-corrected chi connectivity index (χ2v) is 2.52. The molecule has 0 bridgehead atoms. The van der Waals surface area contributed by atoms with Crippen LogP contribution in [0, 0.1) is 0 Å². The van der Waals surface area contributed by atoms with Crippen LogP contribution in [-0.4, -0.2) is 13.1 Å². The highest BCUT2D eigenvalue weighted by Crippen LogP contribution is 2.06. The largest absolute Gasteiger partial charge is 0.466 e. The van der Waals surface area contributed by atoms with Gasteiger partial charge in [0.1, 0.15) is 0 Å². The number of esters is 1. The van der Waals surface area contributed by atoms with E-state index >= 15 is 0 Å². The molecule has 4 heteroatoms. The Morgan fingerprint density at radius 2 is 1.93 bits per heavy atom. The number of nitrogen functional groups attached to an aromatic ring is 1. The standard InChI is InChI=1S/C10H11NO2.ClH/c1-13-10(12)7-4-8-2-5-9(11)6-3-8;/h2-7H,11H2,1H3;1H. The number of anilines is 1. The predicted octanol–water partition coefficient (Wildman–Crippen LogP) is 1.88. The van der Waals surface area contributed by atoms with Crippen LogP contribution in [0.5, 0.6) is 0 Å². The average Bonchev–Trinajstić information content (AvgIpc) is 2.16. The number of methoxy groups -OCH3 is 1. The van der Waals surface area contributed by atoms with E-state index in [1.54, 1.807) is 18.2 Å². The molecule has 0 atom stereocenters. The first-order chi connectivity index (χ1) is 6.22. The van der Waals surface area contributed by atoms with Gasteiger partial charge in [-0.05, 0) is 23.8 Å². The topological polar surface area (TPSA) is 52.3 Å². The van der Waals surface area contributed by atoms with Gasteiger partial charge in [-0.25, -0.2) is 4.79 Å². The van der Waals surface area contributed by atoms with Crippen LogP contribution < -0.4 is 5.73 Å². The minimum absolute atomic E-state index is 0. The summed E-state index contributed by atoms with van der Waals surface area (Å²) in [5.74, 6) is -0.364. The molecule has 0 heterocycles. The number of nitrogens with two attached hydrogens (primary N) is 1. The minimum Gasteiger partial charge on any atom is -0.466 e. The molecule has 0 aromatic heterocycles. The van der Waals surface area contributed by atoms with Crippen molar-refractivity contribution in [1.82, 2.24) is 0 Å². The third-order valence-corrected chi connectivity index (χ3v) is 1.55. The Morgan fingerprint density at radius 1 is 1.36 bits per heavy atom. The molecule has 0 saturated heterocycles. The molecule has 1 aromatic rings. The van der Waals surface area contributed by atoms with Crippen molar-refractivity contribution in [2.75, 3.05) is 12.8 Å². The maximum atomic E-state index is 10.7.